The maximum absolute atomic E-state index is 10.1. The molecular weight excluding hydrogens is 372 g/mol. The molecule has 0 amide bonds. The quantitative estimate of drug-likeness (QED) is 0.494. The van der Waals surface area contributed by atoms with Gasteiger partial charge in [-0.05, 0) is 101 Å². The van der Waals surface area contributed by atoms with Crippen LogP contribution in [0.2, 0.25) is 0 Å². The van der Waals surface area contributed by atoms with Gasteiger partial charge < -0.3 is 15.3 Å². The molecular formula is C27H42O3. The van der Waals surface area contributed by atoms with Crippen molar-refractivity contribution in [1.82, 2.24) is 0 Å². The maximum Gasteiger partial charge on any atom is 0.0809 e. The first kappa shape index (κ1) is 23.5. The van der Waals surface area contributed by atoms with Crippen LogP contribution in [-0.2, 0) is 0 Å². The van der Waals surface area contributed by atoms with Crippen LogP contribution in [0, 0.1) is 17.3 Å². The fraction of sp³-hybridized carbons (Fsp3) is 0.704. The predicted molar refractivity (Wildman–Crippen MR) is 124 cm³/mol. The van der Waals surface area contributed by atoms with Crippen molar-refractivity contribution in [2.24, 2.45) is 17.3 Å². The molecule has 0 spiro atoms. The first-order chi connectivity index (χ1) is 14.0. The molecule has 3 fully saturated rings. The highest BCUT2D eigenvalue weighted by Crippen LogP contribution is 2.59. The number of aliphatic hydroxyl groups excluding tert-OH is 2. The topological polar surface area (TPSA) is 60.7 Å². The molecule has 168 valence electrons. The van der Waals surface area contributed by atoms with E-state index in [0.717, 1.165) is 31.3 Å². The van der Waals surface area contributed by atoms with E-state index in [0.29, 0.717) is 30.3 Å². The lowest BCUT2D eigenvalue weighted by Crippen LogP contribution is -2.34. The largest absolute Gasteiger partial charge is 0.390 e. The van der Waals surface area contributed by atoms with E-state index in [2.05, 4.69) is 32.2 Å². The van der Waals surface area contributed by atoms with Crippen molar-refractivity contribution in [3.05, 3.63) is 47.6 Å². The summed E-state index contributed by atoms with van der Waals surface area (Å²) in [5.41, 5.74) is 4.27. The Bertz CT molecular complexity index is 707. The molecule has 0 aliphatic heterocycles. The zero-order valence-corrected chi connectivity index (χ0v) is 19.3. The zero-order chi connectivity index (χ0) is 22.1. The summed E-state index contributed by atoms with van der Waals surface area (Å²) in [6, 6.07) is 0. The molecule has 5 atom stereocenters. The second-order valence-electron chi connectivity index (χ2n) is 10.9. The van der Waals surface area contributed by atoms with Gasteiger partial charge in [0.15, 0.2) is 0 Å². The van der Waals surface area contributed by atoms with E-state index in [1.807, 2.05) is 13.8 Å². The van der Waals surface area contributed by atoms with Crippen molar-refractivity contribution < 1.29 is 15.3 Å². The Morgan fingerprint density at radius 3 is 2.47 bits per heavy atom. The lowest BCUT2D eigenvalue weighted by Gasteiger charge is -2.43. The molecule has 0 aromatic heterocycles. The summed E-state index contributed by atoms with van der Waals surface area (Å²) < 4.78 is 0. The Morgan fingerprint density at radius 2 is 1.83 bits per heavy atom. The lowest BCUT2D eigenvalue weighted by atomic mass is 9.62. The molecule has 0 heterocycles. The van der Waals surface area contributed by atoms with E-state index in [9.17, 15) is 15.3 Å². The Kier molecular flexibility index (Phi) is 7.16. The molecule has 0 aromatic rings. The van der Waals surface area contributed by atoms with Crippen LogP contribution in [0.5, 0.6) is 0 Å². The second-order valence-corrected chi connectivity index (χ2v) is 10.9. The van der Waals surface area contributed by atoms with Crippen molar-refractivity contribution in [1.29, 1.82) is 0 Å². The molecule has 3 rings (SSSR count). The van der Waals surface area contributed by atoms with Gasteiger partial charge in [0, 0.05) is 0 Å². The third kappa shape index (κ3) is 5.18. The van der Waals surface area contributed by atoms with Gasteiger partial charge in [-0.3, -0.25) is 0 Å². The number of rotatable bonds is 6. The predicted octanol–water partition coefficient (Wildman–Crippen LogP) is 5.62. The van der Waals surface area contributed by atoms with Crippen LogP contribution in [0.3, 0.4) is 0 Å². The van der Waals surface area contributed by atoms with Gasteiger partial charge >= 0.3 is 0 Å². The average Bonchev–Trinajstić information content (AvgIpc) is 3.00. The van der Waals surface area contributed by atoms with Crippen molar-refractivity contribution in [3.63, 3.8) is 0 Å². The van der Waals surface area contributed by atoms with Gasteiger partial charge in [-0.25, -0.2) is 0 Å². The zero-order valence-electron chi connectivity index (χ0n) is 19.3. The van der Waals surface area contributed by atoms with E-state index in [1.165, 1.54) is 36.8 Å². The highest BCUT2D eigenvalue weighted by Gasteiger charge is 2.49. The van der Waals surface area contributed by atoms with E-state index in [4.69, 9.17) is 0 Å². The third-order valence-electron chi connectivity index (χ3n) is 8.04. The van der Waals surface area contributed by atoms with Crippen LogP contribution >= 0.6 is 0 Å². The van der Waals surface area contributed by atoms with Crippen molar-refractivity contribution in [2.45, 2.75) is 103 Å². The molecule has 3 unspecified atom stereocenters. The molecule has 3 nitrogen and oxygen atoms in total. The average molecular weight is 415 g/mol. The molecule has 3 saturated carbocycles. The number of fused-ring (bicyclic) bond motifs is 1. The van der Waals surface area contributed by atoms with E-state index < -0.39 is 17.8 Å². The van der Waals surface area contributed by atoms with Crippen LogP contribution in [0.1, 0.15) is 85.0 Å². The Balaban J connectivity index is 1.68. The smallest absolute Gasteiger partial charge is 0.0809 e. The van der Waals surface area contributed by atoms with Gasteiger partial charge in [0.1, 0.15) is 0 Å². The van der Waals surface area contributed by atoms with Gasteiger partial charge in [0.05, 0.1) is 17.8 Å². The molecule has 30 heavy (non-hydrogen) atoms. The Hall–Kier alpha value is -1.16. The SMILES string of the molecule is C=C(CCCC(C)(C)O)C1CCC2/C(=C/C=C3C[C@@H](O)C(=C)[C@H](O)C3)CCCC12C. The molecule has 3 N–H and O–H groups in total. The van der Waals surface area contributed by atoms with Crippen LogP contribution in [0.4, 0.5) is 0 Å². The van der Waals surface area contributed by atoms with E-state index >= 15 is 0 Å². The van der Waals surface area contributed by atoms with Gasteiger partial charge in [-0.1, -0.05) is 49.0 Å². The number of aliphatic hydroxyl groups is 3. The summed E-state index contributed by atoms with van der Waals surface area (Å²) >= 11 is 0. The normalized spacial score (nSPS) is 36.1. The summed E-state index contributed by atoms with van der Waals surface area (Å²) in [5.74, 6) is 1.18. The molecule has 0 bridgehead atoms. The summed E-state index contributed by atoms with van der Waals surface area (Å²) in [7, 11) is 0. The highest BCUT2D eigenvalue weighted by molar-refractivity contribution is 5.30. The summed E-state index contributed by atoms with van der Waals surface area (Å²) in [5, 5.41) is 30.2. The summed E-state index contributed by atoms with van der Waals surface area (Å²) in [4.78, 5) is 0. The third-order valence-corrected chi connectivity index (χ3v) is 8.04. The highest BCUT2D eigenvalue weighted by atomic mass is 16.3. The minimum absolute atomic E-state index is 0.286. The Morgan fingerprint density at radius 1 is 1.17 bits per heavy atom. The van der Waals surface area contributed by atoms with Crippen molar-refractivity contribution >= 4 is 0 Å². The summed E-state index contributed by atoms with van der Waals surface area (Å²) in [6.07, 6.45) is 13.3. The monoisotopic (exact) mass is 414 g/mol. The maximum atomic E-state index is 10.1. The Labute approximate surface area is 183 Å². The standard InChI is InChI=1S/C27H42O3/c1-18(8-6-14-26(3,4)30)22-12-13-23-21(9-7-15-27(22,23)5)11-10-20-16-24(28)19(2)25(29)17-20/h10-11,22-25,28-30H,1-2,6-9,12-17H2,3-5H3/b21-11+/t22?,23?,24-,25-,27?/m1/s1. The molecule has 0 radical (unpaired) electrons. The summed E-state index contributed by atoms with van der Waals surface area (Å²) in [6.45, 7) is 14.5. The van der Waals surface area contributed by atoms with Gasteiger partial charge in [-0.2, -0.15) is 0 Å². The van der Waals surface area contributed by atoms with Gasteiger partial charge in [0.2, 0.25) is 0 Å². The van der Waals surface area contributed by atoms with Crippen LogP contribution in [0.25, 0.3) is 0 Å². The van der Waals surface area contributed by atoms with E-state index in [-0.39, 0.29) is 5.41 Å². The van der Waals surface area contributed by atoms with Gasteiger partial charge in [-0.15, -0.1) is 0 Å². The van der Waals surface area contributed by atoms with Gasteiger partial charge in [0.25, 0.3) is 0 Å². The molecule has 3 aliphatic carbocycles. The minimum atomic E-state index is -0.627. The van der Waals surface area contributed by atoms with Crippen LogP contribution in [0.15, 0.2) is 47.6 Å². The molecule has 3 aliphatic rings. The minimum Gasteiger partial charge on any atom is -0.390 e. The molecule has 0 saturated heterocycles. The lowest BCUT2D eigenvalue weighted by molar-refractivity contribution is 0.0683. The molecule has 3 heteroatoms. The second kappa shape index (κ2) is 9.14. The van der Waals surface area contributed by atoms with Crippen LogP contribution in [-0.4, -0.2) is 33.1 Å². The first-order valence-corrected chi connectivity index (χ1v) is 11.8. The van der Waals surface area contributed by atoms with Crippen molar-refractivity contribution in [2.75, 3.05) is 0 Å². The first-order valence-electron chi connectivity index (χ1n) is 11.8. The van der Waals surface area contributed by atoms with E-state index in [1.54, 1.807) is 0 Å². The fourth-order valence-corrected chi connectivity index (χ4v) is 6.26. The van der Waals surface area contributed by atoms with Crippen molar-refractivity contribution in [3.8, 4) is 0 Å². The molecule has 0 aromatic carbocycles. The fourth-order valence-electron chi connectivity index (χ4n) is 6.26. The number of hydrogen-bond donors (Lipinski definition) is 3. The number of hydrogen-bond acceptors (Lipinski definition) is 3. The van der Waals surface area contributed by atoms with Crippen LogP contribution < -0.4 is 0 Å². The number of allylic oxidation sites excluding steroid dienone is 4.